The van der Waals surface area contributed by atoms with Crippen LogP contribution in [0.25, 0.3) is 0 Å². The summed E-state index contributed by atoms with van der Waals surface area (Å²) in [5, 5.41) is 9.28. The summed E-state index contributed by atoms with van der Waals surface area (Å²) in [4.78, 5) is 3.22. The monoisotopic (exact) mass is 204 g/mol. The molecular weight excluding hydrogens is 188 g/mol. The second-order valence-corrected chi connectivity index (χ2v) is 4.58. The number of nitriles is 1. The van der Waals surface area contributed by atoms with E-state index in [1.807, 2.05) is 12.3 Å². The van der Waals surface area contributed by atoms with Gasteiger partial charge in [-0.25, -0.2) is 0 Å². The van der Waals surface area contributed by atoms with E-state index in [1.54, 1.807) is 0 Å². The number of hydrogen-bond acceptors (Lipinski definition) is 2. The van der Waals surface area contributed by atoms with Crippen LogP contribution in [-0.4, -0.2) is 18.2 Å². The molecule has 3 heteroatoms. The van der Waals surface area contributed by atoms with Crippen LogP contribution in [0.3, 0.4) is 0 Å². The average Bonchev–Trinajstić information content (AvgIpc) is 2.62. The molecule has 1 aliphatic rings. The van der Waals surface area contributed by atoms with E-state index in [2.05, 4.69) is 31.0 Å². The lowest BCUT2D eigenvalue weighted by Gasteiger charge is -2.45. The molecule has 15 heavy (non-hydrogen) atoms. The fourth-order valence-electron chi connectivity index (χ4n) is 2.38. The van der Waals surface area contributed by atoms with Gasteiger partial charge in [-0.3, -0.25) is 0 Å². The third kappa shape index (κ3) is 1.46. The Morgan fingerprint density at radius 2 is 2.27 bits per heavy atom. The van der Waals surface area contributed by atoms with Crippen molar-refractivity contribution in [2.45, 2.75) is 19.3 Å². The van der Waals surface area contributed by atoms with Crippen LogP contribution in [0.4, 0.5) is 0 Å². The second-order valence-electron chi connectivity index (χ2n) is 4.58. The van der Waals surface area contributed by atoms with Gasteiger partial charge in [-0.05, 0) is 18.1 Å². The summed E-state index contributed by atoms with van der Waals surface area (Å²) < 4.78 is 5.32. The van der Waals surface area contributed by atoms with Gasteiger partial charge in [0.05, 0.1) is 30.6 Å². The first-order chi connectivity index (χ1) is 7.20. The molecule has 0 bridgehead atoms. The van der Waals surface area contributed by atoms with Gasteiger partial charge < -0.3 is 9.72 Å². The van der Waals surface area contributed by atoms with Gasteiger partial charge in [0.1, 0.15) is 0 Å². The molecule has 1 aromatic heterocycles. The quantitative estimate of drug-likeness (QED) is 0.819. The molecule has 0 saturated carbocycles. The van der Waals surface area contributed by atoms with Crippen molar-refractivity contribution in [1.29, 1.82) is 5.26 Å². The molecule has 0 aromatic carbocycles. The van der Waals surface area contributed by atoms with E-state index in [0.717, 1.165) is 5.69 Å². The summed E-state index contributed by atoms with van der Waals surface area (Å²) in [7, 11) is 0. The molecule has 1 N–H and O–H groups in total. The molecule has 2 heterocycles. The van der Waals surface area contributed by atoms with Crippen molar-refractivity contribution in [2.24, 2.45) is 11.8 Å². The Labute approximate surface area is 90.1 Å². The predicted molar refractivity (Wildman–Crippen MR) is 57.2 cm³/mol. The maximum atomic E-state index is 9.28. The van der Waals surface area contributed by atoms with Crippen molar-refractivity contribution >= 4 is 0 Å². The van der Waals surface area contributed by atoms with Crippen molar-refractivity contribution < 1.29 is 4.74 Å². The number of nitrogens with one attached hydrogen (secondary N) is 1. The molecule has 1 aromatic rings. The largest absolute Gasteiger partial charge is 0.379 e. The van der Waals surface area contributed by atoms with Crippen LogP contribution in [0.1, 0.15) is 19.5 Å². The third-order valence-corrected chi connectivity index (χ3v) is 3.25. The minimum atomic E-state index is -0.105. The highest BCUT2D eigenvalue weighted by Gasteiger charge is 2.49. The summed E-state index contributed by atoms with van der Waals surface area (Å²) in [6, 6.07) is 6.46. The number of aromatic nitrogens is 1. The molecule has 1 aliphatic heterocycles. The standard InChI is InChI=1S/C12H16N2O/c1-9(2)10(6-13)12(7-15-8-12)11-4-3-5-14-11/h3-5,9-10,14H,7-8H2,1-2H3. The average molecular weight is 204 g/mol. The van der Waals surface area contributed by atoms with Crippen LogP contribution in [0.2, 0.25) is 0 Å². The summed E-state index contributed by atoms with van der Waals surface area (Å²) in [6.45, 7) is 5.50. The van der Waals surface area contributed by atoms with Gasteiger partial charge in [0.2, 0.25) is 0 Å². The Hall–Kier alpha value is -1.27. The van der Waals surface area contributed by atoms with E-state index in [4.69, 9.17) is 4.74 Å². The van der Waals surface area contributed by atoms with E-state index in [9.17, 15) is 5.26 Å². The summed E-state index contributed by atoms with van der Waals surface area (Å²) in [6.07, 6.45) is 1.91. The van der Waals surface area contributed by atoms with Gasteiger partial charge in [0.25, 0.3) is 0 Å². The lowest BCUT2D eigenvalue weighted by molar-refractivity contribution is -0.0895. The highest BCUT2D eigenvalue weighted by Crippen LogP contribution is 2.41. The lowest BCUT2D eigenvalue weighted by Crippen LogP contribution is -2.53. The second kappa shape index (κ2) is 3.71. The number of ether oxygens (including phenoxy) is 1. The van der Waals surface area contributed by atoms with Crippen LogP contribution in [0, 0.1) is 23.2 Å². The van der Waals surface area contributed by atoms with Crippen molar-refractivity contribution in [3.05, 3.63) is 24.0 Å². The fourth-order valence-corrected chi connectivity index (χ4v) is 2.38. The topological polar surface area (TPSA) is 48.8 Å². The highest BCUT2D eigenvalue weighted by atomic mass is 16.5. The number of hydrogen-bond donors (Lipinski definition) is 1. The molecule has 1 unspecified atom stereocenters. The van der Waals surface area contributed by atoms with E-state index in [1.165, 1.54) is 0 Å². The van der Waals surface area contributed by atoms with Crippen molar-refractivity contribution in [1.82, 2.24) is 4.98 Å². The molecule has 80 valence electrons. The van der Waals surface area contributed by atoms with E-state index in [-0.39, 0.29) is 11.3 Å². The first-order valence-electron chi connectivity index (χ1n) is 5.32. The minimum Gasteiger partial charge on any atom is -0.379 e. The van der Waals surface area contributed by atoms with Crippen molar-refractivity contribution in [3.8, 4) is 6.07 Å². The first kappa shape index (κ1) is 10.3. The van der Waals surface area contributed by atoms with Gasteiger partial charge in [0, 0.05) is 11.9 Å². The molecule has 1 saturated heterocycles. The third-order valence-electron chi connectivity index (χ3n) is 3.25. The zero-order chi connectivity index (χ0) is 10.9. The van der Waals surface area contributed by atoms with Crippen LogP contribution in [0.5, 0.6) is 0 Å². The van der Waals surface area contributed by atoms with Gasteiger partial charge >= 0.3 is 0 Å². The van der Waals surface area contributed by atoms with E-state index >= 15 is 0 Å². The molecule has 0 spiro atoms. The summed E-state index contributed by atoms with van der Waals surface area (Å²) >= 11 is 0. The summed E-state index contributed by atoms with van der Waals surface area (Å²) in [5.74, 6) is 0.368. The Kier molecular flexibility index (Phi) is 2.54. The SMILES string of the molecule is CC(C)C(C#N)C1(c2ccc[nH]2)COC1. The van der Waals surface area contributed by atoms with E-state index in [0.29, 0.717) is 19.1 Å². The predicted octanol–water partition coefficient (Wildman–Crippen LogP) is 2.08. The van der Waals surface area contributed by atoms with Crippen LogP contribution in [-0.2, 0) is 10.2 Å². The molecule has 0 radical (unpaired) electrons. The Morgan fingerprint density at radius 1 is 1.53 bits per heavy atom. The first-order valence-corrected chi connectivity index (χ1v) is 5.32. The van der Waals surface area contributed by atoms with Gasteiger partial charge in [0.15, 0.2) is 0 Å². The maximum absolute atomic E-state index is 9.28. The van der Waals surface area contributed by atoms with Crippen LogP contribution < -0.4 is 0 Å². The number of aromatic amines is 1. The Bertz CT molecular complexity index is 357. The zero-order valence-corrected chi connectivity index (χ0v) is 9.16. The minimum absolute atomic E-state index is 0.0184. The maximum Gasteiger partial charge on any atom is 0.0730 e. The van der Waals surface area contributed by atoms with Crippen LogP contribution in [0.15, 0.2) is 18.3 Å². The van der Waals surface area contributed by atoms with Crippen molar-refractivity contribution in [2.75, 3.05) is 13.2 Å². The zero-order valence-electron chi connectivity index (χ0n) is 9.16. The lowest BCUT2D eigenvalue weighted by atomic mass is 9.67. The Balaban J connectivity index is 2.34. The molecule has 1 fully saturated rings. The number of H-pyrrole nitrogens is 1. The van der Waals surface area contributed by atoms with Gasteiger partial charge in [-0.15, -0.1) is 0 Å². The Morgan fingerprint density at radius 3 is 2.60 bits per heavy atom. The molecule has 0 aliphatic carbocycles. The van der Waals surface area contributed by atoms with Crippen LogP contribution >= 0.6 is 0 Å². The molecule has 0 amide bonds. The highest BCUT2D eigenvalue weighted by molar-refractivity contribution is 5.26. The molecule has 1 atom stereocenters. The van der Waals surface area contributed by atoms with Crippen molar-refractivity contribution in [3.63, 3.8) is 0 Å². The normalized spacial score (nSPS) is 20.7. The summed E-state index contributed by atoms with van der Waals surface area (Å²) in [5.41, 5.74) is 1.03. The number of nitrogens with zero attached hydrogens (tertiary/aromatic N) is 1. The molecular formula is C12H16N2O. The smallest absolute Gasteiger partial charge is 0.0730 e. The molecule has 3 nitrogen and oxygen atoms in total. The van der Waals surface area contributed by atoms with Gasteiger partial charge in [-0.1, -0.05) is 13.8 Å². The molecule has 2 rings (SSSR count). The number of rotatable bonds is 3. The fraction of sp³-hybridized carbons (Fsp3) is 0.583. The van der Waals surface area contributed by atoms with Gasteiger partial charge in [-0.2, -0.15) is 5.26 Å². The van der Waals surface area contributed by atoms with E-state index < -0.39 is 0 Å².